The van der Waals surface area contributed by atoms with Crippen LogP contribution in [-0.2, 0) is 0 Å². The van der Waals surface area contributed by atoms with Crippen molar-refractivity contribution in [1.29, 1.82) is 0 Å². The molecule has 0 amide bonds. The predicted octanol–water partition coefficient (Wildman–Crippen LogP) is 4.86. The van der Waals surface area contributed by atoms with Crippen molar-refractivity contribution in [3.8, 4) is 0 Å². The van der Waals surface area contributed by atoms with Crippen LogP contribution in [0.4, 0.5) is 4.39 Å². The van der Waals surface area contributed by atoms with Gasteiger partial charge in [-0.15, -0.1) is 0 Å². The molecule has 0 fully saturated rings. The molecule has 1 nitrogen and oxygen atoms in total. The summed E-state index contributed by atoms with van der Waals surface area (Å²) in [5.41, 5.74) is 3.22. The summed E-state index contributed by atoms with van der Waals surface area (Å²) >= 11 is 9.29. The number of aryl methyl sites for hydroxylation is 1. The Kier molecular flexibility index (Phi) is 4.61. The molecule has 4 heteroatoms. The lowest BCUT2D eigenvalue weighted by atomic mass is 9.95. The van der Waals surface area contributed by atoms with E-state index in [-0.39, 0.29) is 11.9 Å². The topological polar surface area (TPSA) is 12.0 Å². The average Bonchev–Trinajstić information content (AvgIpc) is 2.38. The van der Waals surface area contributed by atoms with Gasteiger partial charge in [0.15, 0.2) is 0 Å². The van der Waals surface area contributed by atoms with Crippen LogP contribution in [0.5, 0.6) is 0 Å². The molecule has 19 heavy (non-hydrogen) atoms. The molecule has 0 aliphatic rings. The summed E-state index contributed by atoms with van der Waals surface area (Å²) in [5, 5.41) is 3.94. The highest BCUT2D eigenvalue weighted by Gasteiger charge is 2.15. The monoisotopic (exact) mass is 341 g/mol. The molecule has 0 saturated heterocycles. The zero-order valence-corrected chi connectivity index (χ0v) is 13.0. The van der Waals surface area contributed by atoms with Gasteiger partial charge in [0.25, 0.3) is 0 Å². The second-order valence-corrected chi connectivity index (χ2v) is 5.69. The average molecular weight is 343 g/mol. The van der Waals surface area contributed by atoms with Gasteiger partial charge in [-0.3, -0.25) is 0 Å². The van der Waals surface area contributed by atoms with Crippen LogP contribution in [0, 0.1) is 12.7 Å². The smallest absolute Gasteiger partial charge is 0.137 e. The van der Waals surface area contributed by atoms with E-state index in [0.717, 1.165) is 16.7 Å². The fraction of sp³-hybridized carbons (Fsp3) is 0.200. The number of hydrogen-bond acceptors (Lipinski definition) is 1. The van der Waals surface area contributed by atoms with Crippen LogP contribution in [-0.4, -0.2) is 7.05 Å². The third-order valence-corrected chi connectivity index (χ3v) is 3.96. The van der Waals surface area contributed by atoms with Crippen molar-refractivity contribution in [3.05, 3.63) is 68.4 Å². The Morgan fingerprint density at radius 1 is 1.21 bits per heavy atom. The molecule has 1 atom stereocenters. The number of hydrogen-bond donors (Lipinski definition) is 1. The molecule has 0 radical (unpaired) electrons. The van der Waals surface area contributed by atoms with Crippen molar-refractivity contribution in [2.45, 2.75) is 13.0 Å². The zero-order chi connectivity index (χ0) is 14.0. The van der Waals surface area contributed by atoms with E-state index >= 15 is 0 Å². The van der Waals surface area contributed by atoms with Gasteiger partial charge in [-0.1, -0.05) is 23.7 Å². The Balaban J connectivity index is 2.49. The van der Waals surface area contributed by atoms with Gasteiger partial charge >= 0.3 is 0 Å². The third kappa shape index (κ3) is 3.16. The summed E-state index contributed by atoms with van der Waals surface area (Å²) in [6.45, 7) is 2.04. The minimum Gasteiger partial charge on any atom is -0.309 e. The standard InChI is InChI=1S/C15H14BrClFN/c1-9-3-5-11(17)8-12(9)15(19-2)10-4-6-14(18)13(16)7-10/h3-8,15,19H,1-2H3. The van der Waals surface area contributed by atoms with Crippen LogP contribution in [0.2, 0.25) is 5.02 Å². The van der Waals surface area contributed by atoms with Crippen molar-refractivity contribution in [2.75, 3.05) is 7.05 Å². The molecule has 0 bridgehead atoms. The van der Waals surface area contributed by atoms with Gasteiger partial charge in [0.2, 0.25) is 0 Å². The molecular weight excluding hydrogens is 329 g/mol. The molecule has 0 aliphatic heterocycles. The lowest BCUT2D eigenvalue weighted by Gasteiger charge is -2.20. The van der Waals surface area contributed by atoms with Crippen LogP contribution in [0.25, 0.3) is 0 Å². The Labute approximate surface area is 125 Å². The van der Waals surface area contributed by atoms with E-state index in [1.54, 1.807) is 12.1 Å². The van der Waals surface area contributed by atoms with Gasteiger partial charge in [0, 0.05) is 5.02 Å². The first-order valence-corrected chi connectivity index (χ1v) is 7.08. The highest BCUT2D eigenvalue weighted by atomic mass is 79.9. The van der Waals surface area contributed by atoms with Crippen LogP contribution >= 0.6 is 27.5 Å². The first-order chi connectivity index (χ1) is 9.02. The van der Waals surface area contributed by atoms with E-state index in [1.807, 2.05) is 32.2 Å². The van der Waals surface area contributed by atoms with Crippen molar-refractivity contribution in [3.63, 3.8) is 0 Å². The fourth-order valence-corrected chi connectivity index (χ4v) is 2.69. The summed E-state index contributed by atoms with van der Waals surface area (Å²) in [7, 11) is 1.88. The molecule has 0 aliphatic carbocycles. The Bertz CT molecular complexity index is 601. The molecule has 2 rings (SSSR count). The molecule has 2 aromatic carbocycles. The van der Waals surface area contributed by atoms with E-state index < -0.39 is 0 Å². The molecule has 0 saturated carbocycles. The van der Waals surface area contributed by atoms with E-state index in [1.165, 1.54) is 6.07 Å². The Morgan fingerprint density at radius 2 is 1.95 bits per heavy atom. The maximum Gasteiger partial charge on any atom is 0.137 e. The Morgan fingerprint density at radius 3 is 2.58 bits per heavy atom. The molecule has 1 N–H and O–H groups in total. The molecule has 1 unspecified atom stereocenters. The van der Waals surface area contributed by atoms with E-state index in [0.29, 0.717) is 9.50 Å². The van der Waals surface area contributed by atoms with Crippen LogP contribution in [0.1, 0.15) is 22.7 Å². The van der Waals surface area contributed by atoms with Crippen LogP contribution in [0.3, 0.4) is 0 Å². The largest absolute Gasteiger partial charge is 0.309 e. The normalized spacial score (nSPS) is 12.5. The third-order valence-electron chi connectivity index (χ3n) is 3.12. The number of nitrogens with one attached hydrogen (secondary N) is 1. The zero-order valence-electron chi connectivity index (χ0n) is 10.7. The maximum atomic E-state index is 13.3. The molecular formula is C15H14BrClFN. The van der Waals surface area contributed by atoms with E-state index in [2.05, 4.69) is 21.2 Å². The molecule has 0 heterocycles. The van der Waals surface area contributed by atoms with Crippen molar-refractivity contribution >= 4 is 27.5 Å². The lowest BCUT2D eigenvalue weighted by Crippen LogP contribution is -2.18. The minimum atomic E-state index is -0.263. The predicted molar refractivity (Wildman–Crippen MR) is 81.2 cm³/mol. The van der Waals surface area contributed by atoms with Crippen molar-refractivity contribution < 1.29 is 4.39 Å². The molecule has 100 valence electrons. The minimum absolute atomic E-state index is 0.0180. The number of rotatable bonds is 3. The lowest BCUT2D eigenvalue weighted by molar-refractivity contribution is 0.616. The van der Waals surface area contributed by atoms with Gasteiger partial charge in [0.1, 0.15) is 5.82 Å². The fourth-order valence-electron chi connectivity index (χ4n) is 2.12. The quantitative estimate of drug-likeness (QED) is 0.840. The first-order valence-electron chi connectivity index (χ1n) is 5.91. The van der Waals surface area contributed by atoms with Gasteiger partial charge in [0.05, 0.1) is 10.5 Å². The summed E-state index contributed by atoms with van der Waals surface area (Å²) in [6.07, 6.45) is 0. The SMILES string of the molecule is CNC(c1ccc(F)c(Br)c1)c1cc(Cl)ccc1C. The second kappa shape index (κ2) is 6.04. The van der Waals surface area contributed by atoms with E-state index in [4.69, 9.17) is 11.6 Å². The first kappa shape index (κ1) is 14.5. The molecule has 0 spiro atoms. The molecule has 2 aromatic rings. The molecule has 0 aromatic heterocycles. The number of benzene rings is 2. The highest BCUT2D eigenvalue weighted by molar-refractivity contribution is 9.10. The summed E-state index contributed by atoms with van der Waals surface area (Å²) in [4.78, 5) is 0. The summed E-state index contributed by atoms with van der Waals surface area (Å²) in [5.74, 6) is -0.263. The van der Waals surface area contributed by atoms with Gasteiger partial charge < -0.3 is 5.32 Å². The number of halogens is 3. The van der Waals surface area contributed by atoms with Gasteiger partial charge in [-0.05, 0) is 70.9 Å². The Hall–Kier alpha value is -0.900. The van der Waals surface area contributed by atoms with Crippen LogP contribution < -0.4 is 5.32 Å². The summed E-state index contributed by atoms with van der Waals surface area (Å²) < 4.78 is 13.8. The second-order valence-electron chi connectivity index (χ2n) is 4.40. The van der Waals surface area contributed by atoms with Crippen molar-refractivity contribution in [2.24, 2.45) is 0 Å². The van der Waals surface area contributed by atoms with Crippen molar-refractivity contribution in [1.82, 2.24) is 5.32 Å². The van der Waals surface area contributed by atoms with Gasteiger partial charge in [-0.25, -0.2) is 4.39 Å². The highest BCUT2D eigenvalue weighted by Crippen LogP contribution is 2.29. The van der Waals surface area contributed by atoms with Crippen LogP contribution in [0.15, 0.2) is 40.9 Å². The van der Waals surface area contributed by atoms with Gasteiger partial charge in [-0.2, -0.15) is 0 Å². The summed E-state index contributed by atoms with van der Waals surface area (Å²) in [6, 6.07) is 10.8. The van der Waals surface area contributed by atoms with E-state index in [9.17, 15) is 4.39 Å². The maximum absolute atomic E-state index is 13.3.